The molecule has 1 unspecified atom stereocenters. The lowest BCUT2D eigenvalue weighted by Crippen LogP contribution is -2.42. The molecule has 5 rings (SSSR count). The monoisotopic (exact) mass is 496 g/mol. The first-order valence-corrected chi connectivity index (χ1v) is 12.1. The number of hydrogen-bond acceptors (Lipinski definition) is 6. The van der Waals surface area contributed by atoms with Crippen LogP contribution in [0.1, 0.15) is 25.7 Å². The zero-order chi connectivity index (χ0) is 23.7. The van der Waals surface area contributed by atoms with Crippen molar-refractivity contribution in [3.63, 3.8) is 0 Å². The molecular formula is C26H26Cl2N4O2. The first-order chi connectivity index (χ1) is 16.5. The smallest absolute Gasteiger partial charge is 0.128 e. The Morgan fingerprint density at radius 3 is 1.56 bits per heavy atom. The second kappa shape index (κ2) is 9.72. The number of anilines is 2. The van der Waals surface area contributed by atoms with Crippen LogP contribution in [-0.4, -0.2) is 36.3 Å². The summed E-state index contributed by atoms with van der Waals surface area (Å²) in [4.78, 5) is 9.58. The maximum absolute atomic E-state index is 6.58. The molecule has 2 atom stereocenters. The van der Waals surface area contributed by atoms with Crippen molar-refractivity contribution in [2.45, 2.75) is 37.8 Å². The molecule has 0 aliphatic heterocycles. The summed E-state index contributed by atoms with van der Waals surface area (Å²) < 4.78 is 10.6. The van der Waals surface area contributed by atoms with Crippen molar-refractivity contribution in [1.29, 1.82) is 0 Å². The molecule has 0 bridgehead atoms. The lowest BCUT2D eigenvalue weighted by molar-refractivity contribution is 0.415. The third-order valence-electron chi connectivity index (χ3n) is 6.36. The van der Waals surface area contributed by atoms with E-state index in [0.717, 1.165) is 70.6 Å². The molecule has 34 heavy (non-hydrogen) atoms. The Labute approximate surface area is 208 Å². The Kier molecular flexibility index (Phi) is 6.53. The number of hydrogen-bond donors (Lipinski definition) is 2. The molecule has 0 amide bonds. The van der Waals surface area contributed by atoms with Crippen LogP contribution in [0.15, 0.2) is 48.5 Å². The highest BCUT2D eigenvalue weighted by molar-refractivity contribution is 6.36. The maximum atomic E-state index is 6.58. The van der Waals surface area contributed by atoms with E-state index in [1.165, 1.54) is 0 Å². The summed E-state index contributed by atoms with van der Waals surface area (Å²) >= 11 is 13.2. The molecule has 2 aromatic carbocycles. The molecular weight excluding hydrogens is 471 g/mol. The highest BCUT2D eigenvalue weighted by atomic mass is 35.5. The summed E-state index contributed by atoms with van der Waals surface area (Å²) in [7, 11) is 3.28. The molecule has 0 spiro atoms. The molecule has 6 nitrogen and oxygen atoms in total. The molecule has 8 heteroatoms. The van der Waals surface area contributed by atoms with E-state index >= 15 is 0 Å². The normalized spacial score (nSPS) is 18.1. The summed E-state index contributed by atoms with van der Waals surface area (Å²) in [5.74, 6) is 3.04. The number of halogens is 2. The fraction of sp³-hybridized carbons (Fsp3) is 0.308. The zero-order valence-electron chi connectivity index (χ0n) is 19.1. The number of pyridine rings is 2. The second-order valence-electron chi connectivity index (χ2n) is 8.53. The van der Waals surface area contributed by atoms with E-state index in [-0.39, 0.29) is 12.1 Å². The Morgan fingerprint density at radius 2 is 1.15 bits per heavy atom. The van der Waals surface area contributed by atoms with Gasteiger partial charge in [0.15, 0.2) is 0 Å². The summed E-state index contributed by atoms with van der Waals surface area (Å²) in [5, 5.41) is 10.3. The van der Waals surface area contributed by atoms with Crippen molar-refractivity contribution >= 4 is 56.6 Å². The van der Waals surface area contributed by atoms with Crippen LogP contribution in [0.5, 0.6) is 11.5 Å². The quantitative estimate of drug-likeness (QED) is 0.301. The largest absolute Gasteiger partial charge is 0.497 e. The van der Waals surface area contributed by atoms with Gasteiger partial charge in [0.1, 0.15) is 23.1 Å². The van der Waals surface area contributed by atoms with Crippen molar-refractivity contribution in [1.82, 2.24) is 9.97 Å². The van der Waals surface area contributed by atoms with Crippen LogP contribution in [0.4, 0.5) is 11.6 Å². The number of nitrogens with one attached hydrogen (secondary N) is 2. The Hall–Kier alpha value is -2.96. The molecule has 2 heterocycles. The first kappa shape index (κ1) is 22.8. The molecule has 176 valence electrons. The van der Waals surface area contributed by atoms with Crippen molar-refractivity contribution in [3.8, 4) is 11.5 Å². The molecule has 2 N–H and O–H groups in total. The SMILES string of the molecule is COc1ccc2nc(NC3CCCC[C@H]3Nc3cc(Cl)c4cc(OC)ccc4n3)cc(Cl)c2c1. The van der Waals surface area contributed by atoms with Gasteiger partial charge >= 0.3 is 0 Å². The number of ether oxygens (including phenoxy) is 2. The predicted octanol–water partition coefficient (Wildman–Crippen LogP) is 6.94. The van der Waals surface area contributed by atoms with Gasteiger partial charge < -0.3 is 20.1 Å². The third-order valence-corrected chi connectivity index (χ3v) is 6.99. The van der Waals surface area contributed by atoms with Crippen LogP contribution in [0, 0.1) is 0 Å². The molecule has 2 aromatic heterocycles. The van der Waals surface area contributed by atoms with Crippen molar-refractivity contribution in [2.75, 3.05) is 24.9 Å². The van der Waals surface area contributed by atoms with E-state index in [1.807, 2.05) is 48.5 Å². The van der Waals surface area contributed by atoms with Crippen molar-refractivity contribution < 1.29 is 9.47 Å². The van der Waals surface area contributed by atoms with Gasteiger partial charge in [0.05, 0.1) is 35.3 Å². The van der Waals surface area contributed by atoms with Crippen LogP contribution < -0.4 is 20.1 Å². The lowest BCUT2D eigenvalue weighted by atomic mass is 9.90. The lowest BCUT2D eigenvalue weighted by Gasteiger charge is -2.33. The van der Waals surface area contributed by atoms with Gasteiger partial charge in [-0.05, 0) is 61.4 Å². The van der Waals surface area contributed by atoms with E-state index in [1.54, 1.807) is 14.2 Å². The number of nitrogens with zero attached hydrogens (tertiary/aromatic N) is 2. The van der Waals surface area contributed by atoms with Gasteiger partial charge in [-0.15, -0.1) is 0 Å². The summed E-state index contributed by atoms with van der Waals surface area (Å²) in [6.45, 7) is 0. The summed E-state index contributed by atoms with van der Waals surface area (Å²) in [5.41, 5.74) is 1.66. The minimum atomic E-state index is 0.181. The Balaban J connectivity index is 1.38. The van der Waals surface area contributed by atoms with Crippen molar-refractivity contribution in [3.05, 3.63) is 58.6 Å². The van der Waals surface area contributed by atoms with Gasteiger partial charge in [-0.1, -0.05) is 36.0 Å². The van der Waals surface area contributed by atoms with E-state index in [9.17, 15) is 0 Å². The topological polar surface area (TPSA) is 68.3 Å². The van der Waals surface area contributed by atoms with Gasteiger partial charge in [-0.25, -0.2) is 9.97 Å². The zero-order valence-corrected chi connectivity index (χ0v) is 20.6. The number of fused-ring (bicyclic) bond motifs is 2. The van der Waals surface area contributed by atoms with Crippen LogP contribution >= 0.6 is 23.2 Å². The van der Waals surface area contributed by atoms with Crippen LogP contribution in [-0.2, 0) is 0 Å². The highest BCUT2D eigenvalue weighted by Crippen LogP contribution is 2.32. The fourth-order valence-corrected chi connectivity index (χ4v) is 5.10. The molecule has 1 aliphatic rings. The summed E-state index contributed by atoms with van der Waals surface area (Å²) in [6, 6.07) is 15.6. The minimum absolute atomic E-state index is 0.181. The maximum Gasteiger partial charge on any atom is 0.128 e. The average molecular weight is 497 g/mol. The number of aromatic nitrogens is 2. The van der Waals surface area contributed by atoms with Crippen LogP contribution in [0.3, 0.4) is 0 Å². The van der Waals surface area contributed by atoms with Gasteiger partial charge in [0.2, 0.25) is 0 Å². The van der Waals surface area contributed by atoms with Gasteiger partial charge in [0, 0.05) is 22.9 Å². The van der Waals surface area contributed by atoms with Crippen LogP contribution in [0.25, 0.3) is 21.8 Å². The first-order valence-electron chi connectivity index (χ1n) is 11.4. The number of benzene rings is 2. The summed E-state index contributed by atoms with van der Waals surface area (Å²) in [6.07, 6.45) is 4.35. The molecule has 1 saturated carbocycles. The minimum Gasteiger partial charge on any atom is -0.497 e. The standard InChI is InChI=1S/C26H26Cl2N4O2/c1-33-15-7-9-21-17(11-15)19(27)13-25(29-21)31-23-5-3-4-6-24(23)32-26-14-20(28)18-12-16(34-2)8-10-22(18)30-26/h7-14,23-24H,3-6H2,1-2H3,(H,29,31)(H,30,32)/t23-,24?/m1/s1. The number of methoxy groups -OCH3 is 2. The van der Waals surface area contributed by atoms with E-state index in [2.05, 4.69) is 10.6 Å². The van der Waals surface area contributed by atoms with E-state index < -0.39 is 0 Å². The molecule has 0 radical (unpaired) electrons. The highest BCUT2D eigenvalue weighted by Gasteiger charge is 2.26. The number of rotatable bonds is 6. The Bertz CT molecular complexity index is 1240. The van der Waals surface area contributed by atoms with E-state index in [0.29, 0.717) is 10.0 Å². The Morgan fingerprint density at radius 1 is 0.706 bits per heavy atom. The average Bonchev–Trinajstić information content (AvgIpc) is 2.85. The van der Waals surface area contributed by atoms with Gasteiger partial charge in [0.25, 0.3) is 0 Å². The molecule has 1 fully saturated rings. The van der Waals surface area contributed by atoms with Crippen molar-refractivity contribution in [2.24, 2.45) is 0 Å². The predicted molar refractivity (Wildman–Crippen MR) is 140 cm³/mol. The molecule has 0 saturated heterocycles. The second-order valence-corrected chi connectivity index (χ2v) is 9.35. The van der Waals surface area contributed by atoms with Gasteiger partial charge in [-0.3, -0.25) is 0 Å². The fourth-order valence-electron chi connectivity index (χ4n) is 4.59. The van der Waals surface area contributed by atoms with E-state index in [4.69, 9.17) is 42.6 Å². The third kappa shape index (κ3) is 4.65. The van der Waals surface area contributed by atoms with Crippen LogP contribution in [0.2, 0.25) is 10.0 Å². The molecule has 1 aliphatic carbocycles. The molecule has 4 aromatic rings. The van der Waals surface area contributed by atoms with Gasteiger partial charge in [-0.2, -0.15) is 0 Å².